The van der Waals surface area contributed by atoms with E-state index in [1.807, 2.05) is 18.8 Å². The fourth-order valence-corrected chi connectivity index (χ4v) is 2.29. The van der Waals surface area contributed by atoms with Crippen molar-refractivity contribution in [2.24, 2.45) is 0 Å². The first kappa shape index (κ1) is 15.6. The van der Waals surface area contributed by atoms with Crippen LogP contribution in [0.3, 0.4) is 0 Å². The molecule has 5 nitrogen and oxygen atoms in total. The third-order valence-electron chi connectivity index (χ3n) is 2.73. The Balaban J connectivity index is 2.64. The molecule has 0 spiro atoms. The van der Waals surface area contributed by atoms with Crippen LogP contribution in [-0.4, -0.2) is 54.1 Å². The molecule has 18 heavy (non-hydrogen) atoms. The number of rotatable bonds is 8. The number of aliphatic hydroxyl groups excluding tert-OH is 1. The molecule has 1 atom stereocenters. The molecule has 0 fully saturated rings. The van der Waals surface area contributed by atoms with Crippen molar-refractivity contribution in [2.45, 2.75) is 25.5 Å². The molecule has 0 amide bonds. The van der Waals surface area contributed by atoms with Gasteiger partial charge in [-0.3, -0.25) is 4.68 Å². The fourth-order valence-electron chi connectivity index (χ4n) is 1.73. The average Bonchev–Trinajstić information content (AvgIpc) is 2.68. The summed E-state index contributed by atoms with van der Waals surface area (Å²) in [5.74, 6) is 0. The van der Waals surface area contributed by atoms with E-state index in [9.17, 15) is 5.11 Å². The van der Waals surface area contributed by atoms with E-state index in [1.54, 1.807) is 13.3 Å². The lowest BCUT2D eigenvalue weighted by molar-refractivity contribution is 0.128. The molecule has 0 aromatic carbocycles. The van der Waals surface area contributed by atoms with Crippen LogP contribution < -0.4 is 0 Å². The normalized spacial score (nSPS) is 13.2. The van der Waals surface area contributed by atoms with Crippen molar-refractivity contribution < 1.29 is 9.84 Å². The molecular weight excluding hydrogens is 298 g/mol. The van der Waals surface area contributed by atoms with Crippen molar-refractivity contribution in [3.8, 4) is 0 Å². The second-order valence-electron chi connectivity index (χ2n) is 4.55. The summed E-state index contributed by atoms with van der Waals surface area (Å²) in [4.78, 5) is 2.09. The number of aromatic nitrogens is 2. The summed E-state index contributed by atoms with van der Waals surface area (Å²) in [5.41, 5.74) is 0.855. The molecule has 1 aromatic rings. The number of ether oxygens (including phenoxy) is 1. The molecule has 6 heteroatoms. The molecule has 0 bridgehead atoms. The smallest absolute Gasteiger partial charge is 0.0969 e. The second kappa shape index (κ2) is 7.89. The van der Waals surface area contributed by atoms with Crippen molar-refractivity contribution >= 4 is 15.9 Å². The summed E-state index contributed by atoms with van der Waals surface area (Å²) >= 11 is 3.45. The van der Waals surface area contributed by atoms with E-state index in [4.69, 9.17) is 4.74 Å². The van der Waals surface area contributed by atoms with Crippen LogP contribution in [0, 0.1) is 0 Å². The summed E-state index contributed by atoms with van der Waals surface area (Å²) in [6.45, 7) is 2.34. The lowest BCUT2D eigenvalue weighted by atomic mass is 10.1. The Morgan fingerprint density at radius 3 is 2.89 bits per heavy atom. The lowest BCUT2D eigenvalue weighted by Gasteiger charge is -2.16. The molecule has 0 aliphatic rings. The Morgan fingerprint density at radius 2 is 2.28 bits per heavy atom. The second-order valence-corrected chi connectivity index (χ2v) is 5.41. The van der Waals surface area contributed by atoms with E-state index >= 15 is 0 Å². The van der Waals surface area contributed by atoms with Crippen molar-refractivity contribution in [1.82, 2.24) is 14.7 Å². The first-order valence-corrected chi connectivity index (χ1v) is 6.88. The Morgan fingerprint density at radius 1 is 1.56 bits per heavy atom. The molecule has 0 saturated heterocycles. The number of halogens is 1. The van der Waals surface area contributed by atoms with Gasteiger partial charge in [0.05, 0.1) is 29.0 Å². The molecule has 1 unspecified atom stereocenters. The van der Waals surface area contributed by atoms with Crippen LogP contribution in [0.25, 0.3) is 0 Å². The van der Waals surface area contributed by atoms with Crippen LogP contribution in [0.1, 0.15) is 24.6 Å². The van der Waals surface area contributed by atoms with Gasteiger partial charge in [-0.1, -0.05) is 0 Å². The van der Waals surface area contributed by atoms with Crippen LogP contribution in [0.2, 0.25) is 0 Å². The number of likely N-dealkylation sites (N-methyl/N-ethyl adjacent to an activating group) is 1. The zero-order valence-electron chi connectivity index (χ0n) is 11.3. The maximum absolute atomic E-state index is 10.2. The first-order valence-electron chi connectivity index (χ1n) is 6.09. The highest BCUT2D eigenvalue weighted by molar-refractivity contribution is 9.10. The van der Waals surface area contributed by atoms with E-state index < -0.39 is 6.10 Å². The maximum atomic E-state index is 10.2. The number of aliphatic hydroxyl groups is 1. The van der Waals surface area contributed by atoms with Gasteiger partial charge in [0.2, 0.25) is 0 Å². The van der Waals surface area contributed by atoms with Crippen LogP contribution in [0.4, 0.5) is 0 Å². The number of hydrogen-bond donors (Lipinski definition) is 1. The maximum Gasteiger partial charge on any atom is 0.0969 e. The van der Waals surface area contributed by atoms with Gasteiger partial charge in [-0.15, -0.1) is 0 Å². The molecular formula is C12H22BrN3O2. The van der Waals surface area contributed by atoms with Crippen LogP contribution in [0.15, 0.2) is 10.7 Å². The highest BCUT2D eigenvalue weighted by atomic mass is 79.9. The average molecular weight is 320 g/mol. The molecule has 0 saturated carbocycles. The predicted molar refractivity (Wildman–Crippen MR) is 74.6 cm³/mol. The van der Waals surface area contributed by atoms with Crippen molar-refractivity contribution in [3.63, 3.8) is 0 Å². The molecule has 1 N–H and O–H groups in total. The van der Waals surface area contributed by atoms with E-state index in [1.165, 1.54) is 0 Å². The Labute approximate surface area is 117 Å². The first-order chi connectivity index (χ1) is 8.56. The molecule has 104 valence electrons. The van der Waals surface area contributed by atoms with Crippen LogP contribution in [0.5, 0.6) is 0 Å². The number of hydrogen-bond acceptors (Lipinski definition) is 4. The SMILES string of the molecule is COCCCC(O)c1c(Br)cnn1CCN(C)C. The van der Waals surface area contributed by atoms with Gasteiger partial charge in [-0.2, -0.15) is 5.10 Å². The van der Waals surface area contributed by atoms with Gasteiger partial charge in [0.25, 0.3) is 0 Å². The highest BCUT2D eigenvalue weighted by Crippen LogP contribution is 2.26. The van der Waals surface area contributed by atoms with Gasteiger partial charge in [0, 0.05) is 20.3 Å². The molecule has 0 aliphatic carbocycles. The van der Waals surface area contributed by atoms with E-state index in [0.29, 0.717) is 13.0 Å². The fraction of sp³-hybridized carbons (Fsp3) is 0.750. The van der Waals surface area contributed by atoms with Gasteiger partial charge in [0.1, 0.15) is 0 Å². The van der Waals surface area contributed by atoms with Gasteiger partial charge in [0.15, 0.2) is 0 Å². The summed E-state index contributed by atoms with van der Waals surface area (Å²) in [7, 11) is 5.71. The number of nitrogens with zero attached hydrogens (tertiary/aromatic N) is 3. The van der Waals surface area contributed by atoms with Crippen LogP contribution in [-0.2, 0) is 11.3 Å². The topological polar surface area (TPSA) is 50.5 Å². The third kappa shape index (κ3) is 4.68. The van der Waals surface area contributed by atoms with Gasteiger partial charge >= 0.3 is 0 Å². The Kier molecular flexibility index (Phi) is 6.85. The van der Waals surface area contributed by atoms with Gasteiger partial charge < -0.3 is 14.7 Å². The largest absolute Gasteiger partial charge is 0.387 e. The highest BCUT2D eigenvalue weighted by Gasteiger charge is 2.17. The lowest BCUT2D eigenvalue weighted by Crippen LogP contribution is -2.21. The van der Waals surface area contributed by atoms with Crippen LogP contribution >= 0.6 is 15.9 Å². The summed E-state index contributed by atoms with van der Waals surface area (Å²) in [5, 5.41) is 14.5. The minimum atomic E-state index is -0.501. The monoisotopic (exact) mass is 319 g/mol. The minimum absolute atomic E-state index is 0.501. The molecule has 0 aliphatic heterocycles. The molecule has 1 rings (SSSR count). The molecule has 1 aromatic heterocycles. The van der Waals surface area contributed by atoms with Gasteiger partial charge in [-0.25, -0.2) is 0 Å². The van der Waals surface area contributed by atoms with Crippen molar-refractivity contribution in [3.05, 3.63) is 16.4 Å². The predicted octanol–water partition coefficient (Wildman–Crippen LogP) is 1.67. The Hall–Kier alpha value is -0.430. The van der Waals surface area contributed by atoms with Crippen molar-refractivity contribution in [2.75, 3.05) is 34.4 Å². The van der Waals surface area contributed by atoms with Gasteiger partial charge in [-0.05, 0) is 42.9 Å². The zero-order chi connectivity index (χ0) is 13.5. The number of methoxy groups -OCH3 is 1. The standard InChI is InChI=1S/C12H22BrN3O2/c1-15(2)6-7-16-12(10(13)9-14-16)11(17)5-4-8-18-3/h9,11,17H,4-8H2,1-3H3. The zero-order valence-corrected chi connectivity index (χ0v) is 12.9. The molecule has 1 heterocycles. The quantitative estimate of drug-likeness (QED) is 0.740. The third-order valence-corrected chi connectivity index (χ3v) is 3.34. The summed E-state index contributed by atoms with van der Waals surface area (Å²) in [6, 6.07) is 0. The Bertz CT molecular complexity index is 355. The summed E-state index contributed by atoms with van der Waals surface area (Å²) in [6.07, 6.45) is 2.76. The minimum Gasteiger partial charge on any atom is -0.387 e. The molecule has 0 radical (unpaired) electrons. The van der Waals surface area contributed by atoms with Crippen molar-refractivity contribution in [1.29, 1.82) is 0 Å². The van der Waals surface area contributed by atoms with E-state index in [0.717, 1.165) is 29.7 Å². The van der Waals surface area contributed by atoms with E-state index in [-0.39, 0.29) is 0 Å². The van der Waals surface area contributed by atoms with E-state index in [2.05, 4.69) is 25.9 Å². The summed E-state index contributed by atoms with van der Waals surface area (Å²) < 4.78 is 7.73.